The molecule has 0 saturated heterocycles. The minimum absolute atomic E-state index is 0.278. The van der Waals surface area contributed by atoms with E-state index in [4.69, 9.17) is 23.2 Å². The number of rotatable bonds is 4. The number of carbonyl (C=O) groups is 1. The Morgan fingerprint density at radius 2 is 1.88 bits per heavy atom. The van der Waals surface area contributed by atoms with E-state index in [1.54, 1.807) is 26.0 Å². The molecule has 1 aromatic carbocycles. The summed E-state index contributed by atoms with van der Waals surface area (Å²) in [6.45, 7) is 3.53. The summed E-state index contributed by atoms with van der Waals surface area (Å²) in [5.41, 5.74) is -1.07. The predicted octanol–water partition coefficient (Wildman–Crippen LogP) is 3.73. The Morgan fingerprint density at radius 1 is 1.31 bits per heavy atom. The second kappa shape index (κ2) is 5.17. The van der Waals surface area contributed by atoms with Gasteiger partial charge in [-0.1, -0.05) is 37.0 Å². The number of benzene rings is 1. The zero-order valence-corrected chi connectivity index (χ0v) is 10.8. The predicted molar refractivity (Wildman–Crippen MR) is 66.3 cm³/mol. The van der Waals surface area contributed by atoms with Crippen LogP contribution in [0.5, 0.6) is 0 Å². The van der Waals surface area contributed by atoms with E-state index in [0.717, 1.165) is 0 Å². The van der Waals surface area contributed by atoms with Crippen LogP contribution in [0.3, 0.4) is 0 Å². The van der Waals surface area contributed by atoms with Gasteiger partial charge in [0.2, 0.25) is 0 Å². The molecule has 1 rings (SSSR count). The minimum atomic E-state index is -1.35. The molecule has 0 atom stereocenters. The van der Waals surface area contributed by atoms with Crippen LogP contribution in [0.2, 0.25) is 10.0 Å². The van der Waals surface area contributed by atoms with Gasteiger partial charge in [0, 0.05) is 10.6 Å². The molecular weight excluding hydrogens is 247 g/mol. The summed E-state index contributed by atoms with van der Waals surface area (Å²) in [5.74, 6) is -0.370. The number of Topliss-reactive ketones (excluding diaryl/α,β-unsaturated/α-hetero) is 1. The van der Waals surface area contributed by atoms with Crippen molar-refractivity contribution >= 4 is 29.0 Å². The van der Waals surface area contributed by atoms with Crippen molar-refractivity contribution in [3.05, 3.63) is 33.8 Å². The molecule has 0 saturated carbocycles. The molecule has 0 radical (unpaired) electrons. The average molecular weight is 261 g/mol. The Morgan fingerprint density at radius 3 is 2.38 bits per heavy atom. The van der Waals surface area contributed by atoms with Gasteiger partial charge >= 0.3 is 0 Å². The molecule has 0 aliphatic rings. The monoisotopic (exact) mass is 260 g/mol. The number of carbonyl (C=O) groups excluding carboxylic acids is 1. The van der Waals surface area contributed by atoms with Gasteiger partial charge in [0.1, 0.15) is 5.60 Å². The van der Waals surface area contributed by atoms with Crippen molar-refractivity contribution in [2.45, 2.75) is 32.3 Å². The molecule has 0 amide bonds. The molecular formula is C12H14Cl2O2. The maximum Gasteiger partial charge on any atom is 0.195 e. The van der Waals surface area contributed by atoms with Crippen molar-refractivity contribution in [1.29, 1.82) is 0 Å². The summed E-state index contributed by atoms with van der Waals surface area (Å²) in [6.07, 6.45) is 0.705. The molecule has 16 heavy (non-hydrogen) atoms. The van der Waals surface area contributed by atoms with Crippen LogP contribution >= 0.6 is 23.2 Å². The van der Waals surface area contributed by atoms with Gasteiger partial charge in [-0.3, -0.25) is 4.79 Å². The van der Waals surface area contributed by atoms with Gasteiger partial charge in [0.25, 0.3) is 0 Å². The summed E-state index contributed by atoms with van der Waals surface area (Å²) in [7, 11) is 0. The third-order valence-electron chi connectivity index (χ3n) is 2.77. The molecule has 0 aromatic heterocycles. The SMILES string of the molecule is CCC(O)(CC)C(=O)c1cc(Cl)ccc1Cl. The fraction of sp³-hybridized carbons (Fsp3) is 0.417. The van der Waals surface area contributed by atoms with Gasteiger partial charge in [0.05, 0.1) is 5.02 Å². The van der Waals surface area contributed by atoms with Crippen LogP contribution in [0.25, 0.3) is 0 Å². The maximum absolute atomic E-state index is 12.1. The van der Waals surface area contributed by atoms with Crippen molar-refractivity contribution < 1.29 is 9.90 Å². The van der Waals surface area contributed by atoms with E-state index < -0.39 is 5.60 Å². The Bertz CT molecular complexity index is 398. The number of hydrogen-bond acceptors (Lipinski definition) is 2. The quantitative estimate of drug-likeness (QED) is 0.838. The number of halogens is 2. The molecule has 0 unspecified atom stereocenters. The third kappa shape index (κ3) is 2.57. The van der Waals surface area contributed by atoms with Crippen molar-refractivity contribution in [3.8, 4) is 0 Å². The van der Waals surface area contributed by atoms with Gasteiger partial charge in [-0.15, -0.1) is 0 Å². The molecule has 1 aromatic rings. The van der Waals surface area contributed by atoms with Gasteiger partial charge in [-0.05, 0) is 31.0 Å². The highest BCUT2D eigenvalue weighted by atomic mass is 35.5. The zero-order valence-electron chi connectivity index (χ0n) is 9.26. The van der Waals surface area contributed by atoms with E-state index in [9.17, 15) is 9.90 Å². The van der Waals surface area contributed by atoms with Crippen molar-refractivity contribution in [2.75, 3.05) is 0 Å². The average Bonchev–Trinajstić information content (AvgIpc) is 2.30. The Balaban J connectivity index is 3.18. The first-order chi connectivity index (χ1) is 7.44. The lowest BCUT2D eigenvalue weighted by Gasteiger charge is -2.23. The maximum atomic E-state index is 12.1. The second-order valence-electron chi connectivity index (χ2n) is 3.69. The van der Waals surface area contributed by atoms with E-state index in [0.29, 0.717) is 22.9 Å². The van der Waals surface area contributed by atoms with Crippen molar-refractivity contribution in [1.82, 2.24) is 0 Å². The van der Waals surface area contributed by atoms with E-state index >= 15 is 0 Å². The summed E-state index contributed by atoms with van der Waals surface area (Å²) >= 11 is 11.7. The molecule has 1 N–H and O–H groups in total. The minimum Gasteiger partial charge on any atom is -0.382 e. The standard InChI is InChI=1S/C12H14Cl2O2/c1-3-12(16,4-2)11(15)9-7-8(13)5-6-10(9)14/h5-7,16H,3-4H2,1-2H3. The van der Waals surface area contributed by atoms with Crippen LogP contribution in [0.15, 0.2) is 18.2 Å². The molecule has 0 bridgehead atoms. The molecule has 2 nitrogen and oxygen atoms in total. The summed E-state index contributed by atoms with van der Waals surface area (Å²) in [6, 6.07) is 4.66. The number of aliphatic hydroxyl groups is 1. The lowest BCUT2D eigenvalue weighted by Crippen LogP contribution is -2.37. The first kappa shape index (κ1) is 13.5. The molecule has 4 heteroatoms. The van der Waals surface area contributed by atoms with Gasteiger partial charge in [-0.25, -0.2) is 0 Å². The highest BCUT2D eigenvalue weighted by Crippen LogP contribution is 2.27. The van der Waals surface area contributed by atoms with Crippen molar-refractivity contribution in [3.63, 3.8) is 0 Å². The second-order valence-corrected chi connectivity index (χ2v) is 4.54. The zero-order chi connectivity index (χ0) is 12.3. The largest absolute Gasteiger partial charge is 0.382 e. The normalized spacial score (nSPS) is 11.6. The third-order valence-corrected chi connectivity index (χ3v) is 3.33. The first-order valence-electron chi connectivity index (χ1n) is 5.17. The highest BCUT2D eigenvalue weighted by Gasteiger charge is 2.33. The van der Waals surface area contributed by atoms with Crippen LogP contribution in [0.1, 0.15) is 37.0 Å². The number of ketones is 1. The fourth-order valence-corrected chi connectivity index (χ4v) is 1.87. The number of hydrogen-bond donors (Lipinski definition) is 1. The van der Waals surface area contributed by atoms with Crippen LogP contribution in [0, 0.1) is 0 Å². The molecule has 0 fully saturated rings. The molecule has 0 aliphatic heterocycles. The van der Waals surface area contributed by atoms with E-state index in [2.05, 4.69) is 0 Å². The van der Waals surface area contributed by atoms with Crippen molar-refractivity contribution in [2.24, 2.45) is 0 Å². The van der Waals surface area contributed by atoms with Gasteiger partial charge in [-0.2, -0.15) is 0 Å². The summed E-state index contributed by atoms with van der Waals surface area (Å²) < 4.78 is 0. The topological polar surface area (TPSA) is 37.3 Å². The summed E-state index contributed by atoms with van der Waals surface area (Å²) in [4.78, 5) is 12.1. The van der Waals surface area contributed by atoms with E-state index in [1.807, 2.05) is 0 Å². The van der Waals surface area contributed by atoms with Gasteiger partial charge < -0.3 is 5.11 Å². The van der Waals surface area contributed by atoms with Crippen LogP contribution in [-0.4, -0.2) is 16.5 Å². The Hall–Kier alpha value is -0.570. The molecule has 0 aliphatic carbocycles. The van der Waals surface area contributed by atoms with Crippen LogP contribution < -0.4 is 0 Å². The first-order valence-corrected chi connectivity index (χ1v) is 5.92. The fourth-order valence-electron chi connectivity index (χ4n) is 1.49. The lowest BCUT2D eigenvalue weighted by molar-refractivity contribution is 0.0278. The Labute approximate surface area is 105 Å². The smallest absolute Gasteiger partial charge is 0.195 e. The molecule has 0 spiro atoms. The highest BCUT2D eigenvalue weighted by molar-refractivity contribution is 6.36. The van der Waals surface area contributed by atoms with Gasteiger partial charge in [0.15, 0.2) is 5.78 Å². The lowest BCUT2D eigenvalue weighted by atomic mass is 9.88. The van der Waals surface area contributed by atoms with E-state index in [-0.39, 0.29) is 11.3 Å². The molecule has 0 heterocycles. The van der Waals surface area contributed by atoms with Crippen LogP contribution in [-0.2, 0) is 0 Å². The Kier molecular flexibility index (Phi) is 4.36. The van der Waals surface area contributed by atoms with E-state index in [1.165, 1.54) is 6.07 Å². The summed E-state index contributed by atoms with van der Waals surface area (Å²) in [5, 5.41) is 10.9. The molecule has 88 valence electrons. The van der Waals surface area contributed by atoms with Crippen LogP contribution in [0.4, 0.5) is 0 Å².